The molecule has 18 heavy (non-hydrogen) atoms. The standard InChI is InChI=1S/C16H32N2/c1-4-18(12-15-7-5-6-10-17-15)16-9-8-13(2)11-14(16)3/h13-17H,4-12H2,1-3H3. The van der Waals surface area contributed by atoms with E-state index in [2.05, 4.69) is 31.0 Å². The topological polar surface area (TPSA) is 15.3 Å². The van der Waals surface area contributed by atoms with Crippen molar-refractivity contribution in [2.75, 3.05) is 19.6 Å². The van der Waals surface area contributed by atoms with Gasteiger partial charge in [0, 0.05) is 18.6 Å². The predicted octanol–water partition coefficient (Wildman–Crippen LogP) is 3.28. The van der Waals surface area contributed by atoms with Gasteiger partial charge in [-0.3, -0.25) is 4.90 Å². The average Bonchev–Trinajstić information content (AvgIpc) is 2.38. The van der Waals surface area contributed by atoms with E-state index in [9.17, 15) is 0 Å². The first-order valence-electron chi connectivity index (χ1n) is 8.18. The van der Waals surface area contributed by atoms with Gasteiger partial charge in [0.2, 0.25) is 0 Å². The van der Waals surface area contributed by atoms with Crippen LogP contribution in [0.1, 0.15) is 59.3 Å². The van der Waals surface area contributed by atoms with Crippen LogP contribution in [0.3, 0.4) is 0 Å². The zero-order valence-electron chi connectivity index (χ0n) is 12.6. The maximum absolute atomic E-state index is 3.70. The Hall–Kier alpha value is -0.0800. The van der Waals surface area contributed by atoms with Crippen molar-refractivity contribution in [3.05, 3.63) is 0 Å². The van der Waals surface area contributed by atoms with Gasteiger partial charge in [0.1, 0.15) is 0 Å². The van der Waals surface area contributed by atoms with Crippen LogP contribution in [0.25, 0.3) is 0 Å². The van der Waals surface area contributed by atoms with Crippen molar-refractivity contribution in [2.45, 2.75) is 71.4 Å². The summed E-state index contributed by atoms with van der Waals surface area (Å²) < 4.78 is 0. The molecule has 2 heteroatoms. The molecular formula is C16H32N2. The van der Waals surface area contributed by atoms with Gasteiger partial charge in [-0.05, 0) is 57.0 Å². The van der Waals surface area contributed by atoms with Crippen LogP contribution in [0, 0.1) is 11.8 Å². The molecule has 4 unspecified atom stereocenters. The van der Waals surface area contributed by atoms with E-state index in [0.717, 1.165) is 23.9 Å². The first kappa shape index (κ1) is 14.3. The van der Waals surface area contributed by atoms with E-state index in [1.54, 1.807) is 0 Å². The molecular weight excluding hydrogens is 220 g/mol. The minimum Gasteiger partial charge on any atom is -0.313 e. The van der Waals surface area contributed by atoms with Gasteiger partial charge in [0.25, 0.3) is 0 Å². The number of likely N-dealkylation sites (N-methyl/N-ethyl adjacent to an activating group) is 1. The van der Waals surface area contributed by atoms with E-state index in [4.69, 9.17) is 0 Å². The molecule has 2 nitrogen and oxygen atoms in total. The van der Waals surface area contributed by atoms with Crippen molar-refractivity contribution >= 4 is 0 Å². The van der Waals surface area contributed by atoms with E-state index in [-0.39, 0.29) is 0 Å². The summed E-state index contributed by atoms with van der Waals surface area (Å²) in [5, 5.41) is 3.70. The number of rotatable bonds is 4. The maximum atomic E-state index is 3.70. The number of nitrogens with one attached hydrogen (secondary N) is 1. The minimum absolute atomic E-state index is 0.755. The third-order valence-corrected chi connectivity index (χ3v) is 5.13. The highest BCUT2D eigenvalue weighted by Crippen LogP contribution is 2.32. The molecule has 0 aromatic carbocycles. The van der Waals surface area contributed by atoms with Gasteiger partial charge in [0.05, 0.1) is 0 Å². The molecule has 0 aromatic heterocycles. The lowest BCUT2D eigenvalue weighted by molar-refractivity contribution is 0.0852. The third kappa shape index (κ3) is 3.71. The summed E-state index contributed by atoms with van der Waals surface area (Å²) in [6.07, 6.45) is 8.46. The molecule has 0 radical (unpaired) electrons. The highest BCUT2D eigenvalue weighted by molar-refractivity contribution is 4.86. The molecule has 2 aliphatic rings. The predicted molar refractivity (Wildman–Crippen MR) is 78.9 cm³/mol. The fraction of sp³-hybridized carbons (Fsp3) is 1.00. The lowest BCUT2D eigenvalue weighted by atomic mass is 9.79. The third-order valence-electron chi connectivity index (χ3n) is 5.13. The van der Waals surface area contributed by atoms with Crippen LogP contribution in [0.2, 0.25) is 0 Å². The lowest BCUT2D eigenvalue weighted by Gasteiger charge is -2.42. The fourth-order valence-electron chi connectivity index (χ4n) is 4.05. The summed E-state index contributed by atoms with van der Waals surface area (Å²) >= 11 is 0. The van der Waals surface area contributed by atoms with E-state index in [0.29, 0.717) is 0 Å². The highest BCUT2D eigenvalue weighted by atomic mass is 15.2. The van der Waals surface area contributed by atoms with E-state index < -0.39 is 0 Å². The van der Waals surface area contributed by atoms with Gasteiger partial charge in [-0.2, -0.15) is 0 Å². The van der Waals surface area contributed by atoms with Crippen molar-refractivity contribution < 1.29 is 0 Å². The molecule has 106 valence electrons. The highest BCUT2D eigenvalue weighted by Gasteiger charge is 2.30. The summed E-state index contributed by atoms with van der Waals surface area (Å²) in [6.45, 7) is 11.0. The molecule has 0 aromatic rings. The van der Waals surface area contributed by atoms with Gasteiger partial charge in [-0.1, -0.05) is 27.2 Å². The van der Waals surface area contributed by atoms with Crippen molar-refractivity contribution in [1.82, 2.24) is 10.2 Å². The van der Waals surface area contributed by atoms with Crippen LogP contribution in [-0.4, -0.2) is 36.6 Å². The Balaban J connectivity index is 1.86. The van der Waals surface area contributed by atoms with Gasteiger partial charge in [-0.25, -0.2) is 0 Å². The largest absolute Gasteiger partial charge is 0.313 e. The molecule has 0 amide bonds. The molecule has 2 rings (SSSR count). The van der Waals surface area contributed by atoms with Crippen molar-refractivity contribution in [1.29, 1.82) is 0 Å². The van der Waals surface area contributed by atoms with Gasteiger partial charge in [-0.15, -0.1) is 0 Å². The smallest absolute Gasteiger partial charge is 0.0195 e. The lowest BCUT2D eigenvalue weighted by Crippen LogP contribution is -2.50. The molecule has 0 bridgehead atoms. The summed E-state index contributed by atoms with van der Waals surface area (Å²) in [4.78, 5) is 2.76. The normalized spacial score (nSPS) is 38.0. The number of nitrogens with zero attached hydrogens (tertiary/aromatic N) is 1. The summed E-state index contributed by atoms with van der Waals surface area (Å²) in [6, 6.07) is 1.60. The monoisotopic (exact) mass is 252 g/mol. The molecule has 1 saturated carbocycles. The average molecular weight is 252 g/mol. The molecule has 1 aliphatic heterocycles. The van der Waals surface area contributed by atoms with Gasteiger partial charge >= 0.3 is 0 Å². The Morgan fingerprint density at radius 3 is 2.56 bits per heavy atom. The van der Waals surface area contributed by atoms with E-state index in [1.807, 2.05) is 0 Å². The van der Waals surface area contributed by atoms with Gasteiger partial charge < -0.3 is 5.32 Å². The van der Waals surface area contributed by atoms with Gasteiger partial charge in [0.15, 0.2) is 0 Å². The van der Waals surface area contributed by atoms with Crippen LogP contribution in [0.5, 0.6) is 0 Å². The second-order valence-corrected chi connectivity index (χ2v) is 6.70. The first-order chi connectivity index (χ1) is 8.70. The zero-order valence-corrected chi connectivity index (χ0v) is 12.6. The Morgan fingerprint density at radius 2 is 1.94 bits per heavy atom. The second kappa shape index (κ2) is 6.91. The quantitative estimate of drug-likeness (QED) is 0.826. The number of hydrogen-bond donors (Lipinski definition) is 1. The Labute approximate surface area is 114 Å². The summed E-state index contributed by atoms with van der Waals surface area (Å²) in [5.41, 5.74) is 0. The Kier molecular flexibility index (Phi) is 5.50. The van der Waals surface area contributed by atoms with E-state index in [1.165, 1.54) is 58.2 Å². The number of piperidine rings is 1. The Morgan fingerprint density at radius 1 is 1.11 bits per heavy atom. The summed E-state index contributed by atoms with van der Waals surface area (Å²) in [5.74, 6) is 1.83. The van der Waals surface area contributed by atoms with E-state index >= 15 is 0 Å². The molecule has 1 aliphatic carbocycles. The fourth-order valence-corrected chi connectivity index (χ4v) is 4.05. The summed E-state index contributed by atoms with van der Waals surface area (Å²) in [7, 11) is 0. The Bertz CT molecular complexity index is 235. The van der Waals surface area contributed by atoms with Crippen LogP contribution < -0.4 is 5.32 Å². The second-order valence-electron chi connectivity index (χ2n) is 6.70. The van der Waals surface area contributed by atoms with Crippen LogP contribution >= 0.6 is 0 Å². The van der Waals surface area contributed by atoms with Crippen LogP contribution in [0.15, 0.2) is 0 Å². The van der Waals surface area contributed by atoms with Crippen molar-refractivity contribution in [3.8, 4) is 0 Å². The molecule has 2 fully saturated rings. The SMILES string of the molecule is CCN(CC1CCCCN1)C1CCC(C)CC1C. The number of hydrogen-bond acceptors (Lipinski definition) is 2. The minimum atomic E-state index is 0.755. The van der Waals surface area contributed by atoms with Crippen LogP contribution in [-0.2, 0) is 0 Å². The van der Waals surface area contributed by atoms with Crippen molar-refractivity contribution in [3.63, 3.8) is 0 Å². The maximum Gasteiger partial charge on any atom is 0.0195 e. The zero-order chi connectivity index (χ0) is 13.0. The van der Waals surface area contributed by atoms with Crippen molar-refractivity contribution in [2.24, 2.45) is 11.8 Å². The van der Waals surface area contributed by atoms with Crippen LogP contribution in [0.4, 0.5) is 0 Å². The first-order valence-corrected chi connectivity index (χ1v) is 8.18. The molecule has 4 atom stereocenters. The molecule has 0 spiro atoms. The molecule has 1 N–H and O–H groups in total. The molecule has 1 saturated heterocycles. The molecule has 1 heterocycles.